The highest BCUT2D eigenvalue weighted by atomic mass is 32.2. The first kappa shape index (κ1) is 23.5. The van der Waals surface area contributed by atoms with Crippen LogP contribution in [0.2, 0.25) is 0 Å². The molecule has 1 aromatic heterocycles. The second kappa shape index (κ2) is 11.0. The van der Waals surface area contributed by atoms with Gasteiger partial charge in [-0.3, -0.25) is 9.36 Å². The Kier molecular flexibility index (Phi) is 7.37. The number of aromatic nitrogens is 3. The predicted molar refractivity (Wildman–Crippen MR) is 137 cm³/mol. The average Bonchev–Trinajstić information content (AvgIpc) is 3.52. The Labute approximate surface area is 209 Å². The van der Waals surface area contributed by atoms with Crippen LogP contribution in [0.3, 0.4) is 0 Å². The van der Waals surface area contributed by atoms with Crippen molar-refractivity contribution in [1.82, 2.24) is 20.1 Å². The predicted octanol–water partition coefficient (Wildman–Crippen LogP) is 5.21. The first-order valence-electron chi connectivity index (χ1n) is 12.2. The van der Waals surface area contributed by atoms with Crippen molar-refractivity contribution in [2.24, 2.45) is 0 Å². The SMILES string of the molecule is C[C@H](Sc1nnc(-c2ccccc2)n1Cc1ccc2c(c1)OCO2)C(=O)NCCC1=CCCCC1. The molecule has 0 saturated carbocycles. The van der Waals surface area contributed by atoms with Crippen LogP contribution >= 0.6 is 11.8 Å². The van der Waals surface area contributed by atoms with E-state index in [0.29, 0.717) is 18.2 Å². The standard InChI is InChI=1S/C27H30N4O3S/c1-19(26(32)28-15-14-20-8-4-2-5-9-20)35-27-30-29-25(22-10-6-3-7-11-22)31(27)17-21-12-13-23-24(16-21)34-18-33-23/h3,6-8,10-13,16,19H,2,4-5,9,14-15,17-18H2,1H3,(H,28,32)/t19-/m0/s1. The maximum atomic E-state index is 12.8. The molecular formula is C27H30N4O3S. The topological polar surface area (TPSA) is 78.3 Å². The maximum Gasteiger partial charge on any atom is 0.233 e. The molecule has 2 aliphatic rings. The summed E-state index contributed by atoms with van der Waals surface area (Å²) in [5, 5.41) is 12.5. The minimum absolute atomic E-state index is 0.0188. The molecule has 0 spiro atoms. The monoisotopic (exact) mass is 490 g/mol. The number of benzene rings is 2. The third kappa shape index (κ3) is 5.70. The molecule has 7 nitrogen and oxygen atoms in total. The lowest BCUT2D eigenvalue weighted by Gasteiger charge is -2.16. The number of thioether (sulfide) groups is 1. The quantitative estimate of drug-likeness (QED) is 0.328. The van der Waals surface area contributed by atoms with E-state index in [1.807, 2.05) is 55.5 Å². The highest BCUT2D eigenvalue weighted by molar-refractivity contribution is 8.00. The summed E-state index contributed by atoms with van der Waals surface area (Å²) in [6.45, 7) is 3.39. The van der Waals surface area contributed by atoms with Gasteiger partial charge in [-0.15, -0.1) is 10.2 Å². The smallest absolute Gasteiger partial charge is 0.233 e. The molecule has 35 heavy (non-hydrogen) atoms. The number of nitrogens with one attached hydrogen (secondary N) is 1. The van der Waals surface area contributed by atoms with Gasteiger partial charge in [0.25, 0.3) is 0 Å². The van der Waals surface area contributed by atoms with E-state index in [1.54, 1.807) is 0 Å². The van der Waals surface area contributed by atoms with Crippen molar-refractivity contribution >= 4 is 17.7 Å². The summed E-state index contributed by atoms with van der Waals surface area (Å²) in [6.07, 6.45) is 8.12. The molecule has 3 aromatic rings. The van der Waals surface area contributed by atoms with Gasteiger partial charge in [0.15, 0.2) is 22.5 Å². The van der Waals surface area contributed by atoms with Crippen LogP contribution < -0.4 is 14.8 Å². The van der Waals surface area contributed by atoms with Crippen LogP contribution in [0.4, 0.5) is 0 Å². The van der Waals surface area contributed by atoms with Gasteiger partial charge in [0.05, 0.1) is 11.8 Å². The Bertz CT molecular complexity index is 1210. The van der Waals surface area contributed by atoms with Gasteiger partial charge < -0.3 is 14.8 Å². The largest absolute Gasteiger partial charge is 0.454 e. The molecule has 1 atom stereocenters. The van der Waals surface area contributed by atoms with Crippen LogP contribution in [0.5, 0.6) is 11.5 Å². The Hall–Kier alpha value is -3.26. The highest BCUT2D eigenvalue weighted by Crippen LogP contribution is 2.34. The number of amides is 1. The normalized spacial score (nSPS) is 15.5. The summed E-state index contributed by atoms with van der Waals surface area (Å²) in [4.78, 5) is 12.8. The van der Waals surface area contributed by atoms with Crippen LogP contribution in [0.25, 0.3) is 11.4 Å². The lowest BCUT2D eigenvalue weighted by atomic mass is 9.97. The second-order valence-electron chi connectivity index (χ2n) is 8.86. The number of allylic oxidation sites excluding steroid dienone is 1. The average molecular weight is 491 g/mol. The molecule has 0 bridgehead atoms. The highest BCUT2D eigenvalue weighted by Gasteiger charge is 2.22. The van der Waals surface area contributed by atoms with Gasteiger partial charge in [-0.1, -0.05) is 59.8 Å². The molecule has 182 valence electrons. The molecular weight excluding hydrogens is 460 g/mol. The van der Waals surface area contributed by atoms with E-state index in [0.717, 1.165) is 47.7 Å². The number of hydrogen-bond donors (Lipinski definition) is 1. The van der Waals surface area contributed by atoms with Crippen LogP contribution in [0.15, 0.2) is 65.3 Å². The first-order chi connectivity index (χ1) is 17.2. The Balaban J connectivity index is 1.31. The van der Waals surface area contributed by atoms with E-state index in [2.05, 4.69) is 26.2 Å². The minimum Gasteiger partial charge on any atom is -0.454 e. The van der Waals surface area contributed by atoms with Crippen molar-refractivity contribution in [3.05, 3.63) is 65.7 Å². The third-order valence-corrected chi connectivity index (χ3v) is 7.39. The molecule has 0 unspecified atom stereocenters. The van der Waals surface area contributed by atoms with Gasteiger partial charge >= 0.3 is 0 Å². The number of fused-ring (bicyclic) bond motifs is 1. The fourth-order valence-corrected chi connectivity index (χ4v) is 5.25. The maximum absolute atomic E-state index is 12.8. The summed E-state index contributed by atoms with van der Waals surface area (Å²) in [5.74, 6) is 2.28. The second-order valence-corrected chi connectivity index (χ2v) is 10.2. The van der Waals surface area contributed by atoms with E-state index >= 15 is 0 Å². The van der Waals surface area contributed by atoms with E-state index in [-0.39, 0.29) is 18.0 Å². The molecule has 2 heterocycles. The number of hydrogen-bond acceptors (Lipinski definition) is 6. The van der Waals surface area contributed by atoms with Crippen molar-refractivity contribution in [1.29, 1.82) is 0 Å². The Morgan fingerprint density at radius 3 is 2.80 bits per heavy atom. The molecule has 2 aromatic carbocycles. The zero-order chi connectivity index (χ0) is 24.0. The van der Waals surface area contributed by atoms with Crippen LogP contribution in [0.1, 0.15) is 44.6 Å². The van der Waals surface area contributed by atoms with Gasteiger partial charge in [0.2, 0.25) is 12.7 Å². The third-order valence-electron chi connectivity index (χ3n) is 6.31. The molecule has 5 rings (SSSR count). The van der Waals surface area contributed by atoms with Crippen LogP contribution in [0, 0.1) is 0 Å². The van der Waals surface area contributed by atoms with E-state index < -0.39 is 0 Å². The lowest BCUT2D eigenvalue weighted by molar-refractivity contribution is -0.120. The summed E-state index contributed by atoms with van der Waals surface area (Å²) < 4.78 is 13.1. The summed E-state index contributed by atoms with van der Waals surface area (Å²) in [7, 11) is 0. The molecule has 1 aliphatic carbocycles. The van der Waals surface area contributed by atoms with E-state index in [1.165, 1.54) is 30.2 Å². The number of ether oxygens (including phenoxy) is 2. The molecule has 1 N–H and O–H groups in total. The summed E-state index contributed by atoms with van der Waals surface area (Å²) in [6, 6.07) is 15.9. The molecule has 0 fully saturated rings. The van der Waals surface area contributed by atoms with Gasteiger partial charge in [-0.2, -0.15) is 0 Å². The fraction of sp³-hybridized carbons (Fsp3) is 0.370. The van der Waals surface area contributed by atoms with Crippen LogP contribution in [-0.2, 0) is 11.3 Å². The number of carbonyl (C=O) groups is 1. The van der Waals surface area contributed by atoms with Crippen molar-refractivity contribution < 1.29 is 14.3 Å². The van der Waals surface area contributed by atoms with Gasteiger partial charge in [-0.25, -0.2) is 0 Å². The lowest BCUT2D eigenvalue weighted by Crippen LogP contribution is -2.32. The Morgan fingerprint density at radius 1 is 1.11 bits per heavy atom. The molecule has 1 aliphatic heterocycles. The first-order valence-corrected chi connectivity index (χ1v) is 13.0. The molecule has 0 saturated heterocycles. The molecule has 0 radical (unpaired) electrons. The fourth-order valence-electron chi connectivity index (χ4n) is 4.37. The zero-order valence-electron chi connectivity index (χ0n) is 19.9. The summed E-state index contributed by atoms with van der Waals surface area (Å²) in [5.41, 5.74) is 3.49. The van der Waals surface area contributed by atoms with Crippen molar-refractivity contribution in [2.75, 3.05) is 13.3 Å². The van der Waals surface area contributed by atoms with Crippen molar-refractivity contribution in [3.63, 3.8) is 0 Å². The number of rotatable bonds is 9. The molecule has 8 heteroatoms. The van der Waals surface area contributed by atoms with Crippen LogP contribution in [-0.4, -0.2) is 39.3 Å². The van der Waals surface area contributed by atoms with Gasteiger partial charge in [0.1, 0.15) is 0 Å². The number of nitrogens with zero attached hydrogens (tertiary/aromatic N) is 3. The van der Waals surface area contributed by atoms with Gasteiger partial charge in [0, 0.05) is 12.1 Å². The van der Waals surface area contributed by atoms with E-state index in [9.17, 15) is 4.79 Å². The minimum atomic E-state index is -0.293. The number of carbonyl (C=O) groups excluding carboxylic acids is 1. The zero-order valence-corrected chi connectivity index (χ0v) is 20.7. The molecule has 1 amide bonds. The summed E-state index contributed by atoms with van der Waals surface area (Å²) >= 11 is 1.43. The van der Waals surface area contributed by atoms with Crippen molar-refractivity contribution in [2.45, 2.75) is 56.0 Å². The van der Waals surface area contributed by atoms with Gasteiger partial charge in [-0.05, 0) is 56.7 Å². The van der Waals surface area contributed by atoms with Crippen molar-refractivity contribution in [3.8, 4) is 22.9 Å². The Morgan fingerprint density at radius 2 is 1.97 bits per heavy atom. The van der Waals surface area contributed by atoms with E-state index in [4.69, 9.17) is 9.47 Å².